The second-order valence-electron chi connectivity index (χ2n) is 9.57. The van der Waals surface area contributed by atoms with Gasteiger partial charge in [0.1, 0.15) is 18.2 Å². The summed E-state index contributed by atoms with van der Waals surface area (Å²) in [4.78, 5) is 31.1. The second-order valence-corrected chi connectivity index (χ2v) is 9.57. The Balaban J connectivity index is 1.78. The summed E-state index contributed by atoms with van der Waals surface area (Å²) in [6, 6.07) is 9.46. The van der Waals surface area contributed by atoms with Crippen LogP contribution in [0.15, 0.2) is 30.3 Å². The van der Waals surface area contributed by atoms with Crippen molar-refractivity contribution in [3.63, 3.8) is 0 Å². The second kappa shape index (κ2) is 11.5. The van der Waals surface area contributed by atoms with E-state index in [1.165, 1.54) is 0 Å². The first kappa shape index (κ1) is 25.1. The maximum atomic E-state index is 12.7. The molecule has 0 aromatic heterocycles. The van der Waals surface area contributed by atoms with Crippen molar-refractivity contribution in [1.29, 1.82) is 0 Å². The van der Waals surface area contributed by atoms with Gasteiger partial charge in [0.2, 0.25) is 0 Å². The predicted molar refractivity (Wildman–Crippen MR) is 122 cm³/mol. The Morgan fingerprint density at radius 3 is 2.23 bits per heavy atom. The lowest BCUT2D eigenvalue weighted by Gasteiger charge is -2.37. The Labute approximate surface area is 187 Å². The first-order valence-electron chi connectivity index (χ1n) is 11.2. The number of amides is 1. The Kier molecular flexibility index (Phi) is 9.32. The lowest BCUT2D eigenvalue weighted by molar-refractivity contribution is -0.152. The fourth-order valence-electron chi connectivity index (χ4n) is 3.69. The Hall–Kier alpha value is -2.12. The molecule has 1 heterocycles. The summed E-state index contributed by atoms with van der Waals surface area (Å²) in [7, 11) is 1.98. The van der Waals surface area contributed by atoms with Crippen LogP contribution in [0.4, 0.5) is 4.79 Å². The van der Waals surface area contributed by atoms with Gasteiger partial charge in [0.25, 0.3) is 0 Å². The van der Waals surface area contributed by atoms with Gasteiger partial charge in [0.05, 0.1) is 0 Å². The summed E-state index contributed by atoms with van der Waals surface area (Å²) in [6.45, 7) is 14.6. The molecule has 0 bridgehead atoms. The van der Waals surface area contributed by atoms with Crippen LogP contribution >= 0.6 is 0 Å². The number of hydrogen-bond acceptors (Lipinski definition) is 6. The van der Waals surface area contributed by atoms with Crippen LogP contribution in [0, 0.1) is 5.92 Å². The third-order valence-corrected chi connectivity index (χ3v) is 5.36. The molecular weight excluding hydrogens is 394 g/mol. The third-order valence-electron chi connectivity index (χ3n) is 5.36. The Morgan fingerprint density at radius 1 is 1.06 bits per heavy atom. The number of carbonyl (C=O) groups is 2. The molecule has 2 rings (SSSR count). The van der Waals surface area contributed by atoms with Crippen molar-refractivity contribution in [1.82, 2.24) is 14.7 Å². The first-order chi connectivity index (χ1) is 14.6. The van der Waals surface area contributed by atoms with Crippen molar-refractivity contribution in [3.8, 4) is 0 Å². The fourth-order valence-corrected chi connectivity index (χ4v) is 3.69. The van der Waals surface area contributed by atoms with Gasteiger partial charge >= 0.3 is 12.1 Å². The van der Waals surface area contributed by atoms with Crippen LogP contribution in [0.3, 0.4) is 0 Å². The van der Waals surface area contributed by atoms with Gasteiger partial charge in [-0.25, -0.2) is 4.79 Å². The summed E-state index contributed by atoms with van der Waals surface area (Å²) in [5, 5.41) is 0. The quantitative estimate of drug-likeness (QED) is 0.587. The van der Waals surface area contributed by atoms with Crippen molar-refractivity contribution in [2.24, 2.45) is 5.92 Å². The van der Waals surface area contributed by atoms with Crippen LogP contribution in [0.5, 0.6) is 0 Å². The maximum absolute atomic E-state index is 12.7. The van der Waals surface area contributed by atoms with E-state index in [0.29, 0.717) is 19.7 Å². The topological polar surface area (TPSA) is 62.3 Å². The molecule has 1 amide bonds. The third kappa shape index (κ3) is 8.50. The zero-order valence-corrected chi connectivity index (χ0v) is 20.0. The highest BCUT2D eigenvalue weighted by Gasteiger charge is 2.29. The van der Waals surface area contributed by atoms with Gasteiger partial charge in [-0.05, 0) is 39.3 Å². The van der Waals surface area contributed by atoms with Gasteiger partial charge in [-0.2, -0.15) is 0 Å². The van der Waals surface area contributed by atoms with Crippen molar-refractivity contribution in [2.75, 3.05) is 46.3 Å². The van der Waals surface area contributed by atoms with Gasteiger partial charge in [-0.15, -0.1) is 0 Å². The van der Waals surface area contributed by atoms with Gasteiger partial charge in [-0.3, -0.25) is 14.6 Å². The van der Waals surface area contributed by atoms with Crippen molar-refractivity contribution in [2.45, 2.75) is 52.9 Å². The van der Waals surface area contributed by atoms with E-state index in [2.05, 4.69) is 9.80 Å². The minimum Gasteiger partial charge on any atom is -0.460 e. The molecule has 0 saturated carbocycles. The molecule has 7 heteroatoms. The molecular formula is C24H39N3O4. The molecule has 174 valence electrons. The molecule has 0 unspecified atom stereocenters. The molecule has 0 N–H and O–H groups in total. The van der Waals surface area contributed by atoms with Crippen LogP contribution in [-0.4, -0.2) is 84.7 Å². The highest BCUT2D eigenvalue weighted by molar-refractivity contribution is 5.76. The van der Waals surface area contributed by atoms with E-state index in [4.69, 9.17) is 9.47 Å². The molecule has 0 radical (unpaired) electrons. The van der Waals surface area contributed by atoms with Crippen LogP contribution in [-0.2, 0) is 20.9 Å². The first-order valence-corrected chi connectivity index (χ1v) is 11.2. The lowest BCUT2D eigenvalue weighted by Crippen LogP contribution is -2.52. The average molecular weight is 434 g/mol. The van der Waals surface area contributed by atoms with Crippen molar-refractivity contribution in [3.05, 3.63) is 35.9 Å². The molecule has 1 aromatic carbocycles. The van der Waals surface area contributed by atoms with Crippen LogP contribution in [0.2, 0.25) is 0 Å². The molecule has 7 nitrogen and oxygen atoms in total. The summed E-state index contributed by atoms with van der Waals surface area (Å²) < 4.78 is 11.1. The van der Waals surface area contributed by atoms with E-state index in [-0.39, 0.29) is 24.0 Å². The summed E-state index contributed by atoms with van der Waals surface area (Å²) in [6.07, 6.45) is -0.245. The highest BCUT2D eigenvalue weighted by Crippen LogP contribution is 2.14. The van der Waals surface area contributed by atoms with Crippen molar-refractivity contribution >= 4 is 12.1 Å². The minimum absolute atomic E-state index is 0.150. The standard InChI is InChI=1S/C24H39N3O4/c1-19(2)21(22(28)30-18-20-10-8-7-9-11-20)25(6)12-13-26-14-16-27(17-15-26)23(29)31-24(3,4)5/h7-11,19,21H,12-18H2,1-6H3/t21-/m0/s1. The smallest absolute Gasteiger partial charge is 0.410 e. The molecule has 0 spiro atoms. The molecule has 1 saturated heterocycles. The Bertz CT molecular complexity index is 695. The molecule has 0 aliphatic carbocycles. The van der Waals surface area contributed by atoms with Crippen molar-refractivity contribution < 1.29 is 19.1 Å². The molecule has 1 aliphatic rings. The van der Waals surface area contributed by atoms with E-state index in [0.717, 1.165) is 31.7 Å². The summed E-state index contributed by atoms with van der Waals surface area (Å²) >= 11 is 0. The van der Waals surface area contributed by atoms with Crippen LogP contribution in [0.25, 0.3) is 0 Å². The monoisotopic (exact) mass is 433 g/mol. The molecule has 31 heavy (non-hydrogen) atoms. The molecule has 1 atom stereocenters. The SMILES string of the molecule is CC(C)[C@@H](C(=O)OCc1ccccc1)N(C)CCN1CCN(C(=O)OC(C)(C)C)CC1. The summed E-state index contributed by atoms with van der Waals surface area (Å²) in [5.74, 6) is -0.0339. The number of ether oxygens (including phenoxy) is 2. The summed E-state index contributed by atoms with van der Waals surface area (Å²) in [5.41, 5.74) is 0.515. The number of hydrogen-bond donors (Lipinski definition) is 0. The van der Waals surface area contributed by atoms with E-state index in [1.807, 2.05) is 72.0 Å². The van der Waals surface area contributed by atoms with E-state index in [1.54, 1.807) is 4.90 Å². The number of piperazine rings is 1. The molecule has 1 aromatic rings. The normalized spacial score (nSPS) is 16.5. The van der Waals surface area contributed by atoms with Gasteiger partial charge in [0.15, 0.2) is 0 Å². The maximum Gasteiger partial charge on any atom is 0.410 e. The zero-order chi connectivity index (χ0) is 23.0. The number of carbonyl (C=O) groups excluding carboxylic acids is 2. The minimum atomic E-state index is -0.474. The van der Waals surface area contributed by atoms with E-state index in [9.17, 15) is 9.59 Å². The highest BCUT2D eigenvalue weighted by atomic mass is 16.6. The number of rotatable bonds is 8. The number of nitrogens with zero attached hydrogens (tertiary/aromatic N) is 3. The molecule has 1 aliphatic heterocycles. The number of esters is 1. The lowest BCUT2D eigenvalue weighted by atomic mass is 10.0. The number of likely N-dealkylation sites (N-methyl/N-ethyl adjacent to an activating group) is 1. The van der Waals surface area contributed by atoms with Gasteiger partial charge in [-0.1, -0.05) is 44.2 Å². The van der Waals surface area contributed by atoms with E-state index >= 15 is 0 Å². The Morgan fingerprint density at radius 2 is 1.68 bits per heavy atom. The number of benzene rings is 1. The molecule has 1 fully saturated rings. The predicted octanol–water partition coefficient (Wildman–Crippen LogP) is 3.24. The van der Waals surface area contributed by atoms with Gasteiger partial charge in [0, 0.05) is 39.3 Å². The van der Waals surface area contributed by atoms with Crippen LogP contribution < -0.4 is 0 Å². The van der Waals surface area contributed by atoms with E-state index < -0.39 is 5.60 Å². The van der Waals surface area contributed by atoms with Gasteiger partial charge < -0.3 is 14.4 Å². The zero-order valence-electron chi connectivity index (χ0n) is 20.0. The average Bonchev–Trinajstić information content (AvgIpc) is 2.70. The largest absolute Gasteiger partial charge is 0.460 e. The van der Waals surface area contributed by atoms with Crippen LogP contribution in [0.1, 0.15) is 40.2 Å². The fraction of sp³-hybridized carbons (Fsp3) is 0.667.